The molecule has 1 N–H and O–H groups in total. The molecule has 0 saturated carbocycles. The summed E-state index contributed by atoms with van der Waals surface area (Å²) in [6.07, 6.45) is -1.92. The van der Waals surface area contributed by atoms with Crippen LogP contribution in [-0.4, -0.2) is 18.0 Å². The summed E-state index contributed by atoms with van der Waals surface area (Å²) in [4.78, 5) is 2.51. The van der Waals surface area contributed by atoms with Crippen molar-refractivity contribution in [3.63, 3.8) is 0 Å². The maximum atomic E-state index is 11.9. The van der Waals surface area contributed by atoms with Crippen molar-refractivity contribution in [3.8, 4) is 11.5 Å². The van der Waals surface area contributed by atoms with Gasteiger partial charge in [-0.1, -0.05) is 17.3 Å². The Labute approximate surface area is 99.7 Å². The Morgan fingerprint density at radius 1 is 1.44 bits per heavy atom. The summed E-state index contributed by atoms with van der Waals surface area (Å²) >= 11 is 0. The lowest BCUT2D eigenvalue weighted by Crippen LogP contribution is -2.16. The highest BCUT2D eigenvalue weighted by Gasteiger charge is 2.31. The predicted molar refractivity (Wildman–Crippen MR) is 57.8 cm³/mol. The zero-order valence-corrected chi connectivity index (χ0v) is 8.92. The van der Waals surface area contributed by atoms with Crippen molar-refractivity contribution in [2.75, 3.05) is 6.54 Å². The van der Waals surface area contributed by atoms with Gasteiger partial charge >= 0.3 is 6.36 Å². The van der Waals surface area contributed by atoms with E-state index in [4.69, 9.17) is 5.53 Å². The van der Waals surface area contributed by atoms with Crippen LogP contribution in [0.2, 0.25) is 0 Å². The van der Waals surface area contributed by atoms with E-state index in [1.165, 1.54) is 18.2 Å². The van der Waals surface area contributed by atoms with E-state index < -0.39 is 12.1 Å². The van der Waals surface area contributed by atoms with E-state index in [-0.39, 0.29) is 17.9 Å². The summed E-state index contributed by atoms with van der Waals surface area (Å²) in [6.45, 7) is 0.0801. The van der Waals surface area contributed by atoms with Crippen LogP contribution in [0.15, 0.2) is 29.4 Å². The van der Waals surface area contributed by atoms with Crippen molar-refractivity contribution in [3.05, 3.63) is 40.3 Å². The minimum atomic E-state index is -4.80. The highest BCUT2D eigenvalue weighted by Crippen LogP contribution is 2.28. The van der Waals surface area contributed by atoms with E-state index in [1.54, 1.807) is 0 Å². The maximum Gasteiger partial charge on any atom is 0.573 e. The Morgan fingerprint density at radius 2 is 2.17 bits per heavy atom. The standard InChI is InChI=1S/C10H8F3N3O2/c11-10(12,13)18-8-4-3-7(9(17)6-8)2-1-5-15-16-14/h1-4,6,17H,5H2. The number of rotatable bonds is 4. The Kier molecular flexibility index (Phi) is 4.45. The van der Waals surface area contributed by atoms with Crippen LogP contribution in [0.3, 0.4) is 0 Å². The molecule has 1 aromatic rings. The van der Waals surface area contributed by atoms with Crippen molar-refractivity contribution >= 4 is 6.08 Å². The number of aromatic hydroxyl groups is 1. The zero-order valence-electron chi connectivity index (χ0n) is 8.92. The molecule has 0 unspecified atom stereocenters. The molecule has 8 heteroatoms. The molecule has 0 spiro atoms. The van der Waals surface area contributed by atoms with Crippen molar-refractivity contribution in [2.45, 2.75) is 6.36 Å². The fourth-order valence-electron chi connectivity index (χ4n) is 1.12. The molecule has 0 fully saturated rings. The zero-order chi connectivity index (χ0) is 13.6. The van der Waals surface area contributed by atoms with Gasteiger partial charge in [-0.3, -0.25) is 0 Å². The van der Waals surface area contributed by atoms with E-state index >= 15 is 0 Å². The van der Waals surface area contributed by atoms with Gasteiger partial charge in [0.15, 0.2) is 0 Å². The van der Waals surface area contributed by atoms with Crippen LogP contribution in [0.4, 0.5) is 13.2 Å². The summed E-state index contributed by atoms with van der Waals surface area (Å²) in [5.41, 5.74) is 8.30. The average Bonchev–Trinajstić information content (AvgIpc) is 2.24. The van der Waals surface area contributed by atoms with Gasteiger partial charge in [0.25, 0.3) is 0 Å². The van der Waals surface area contributed by atoms with Crippen LogP contribution in [-0.2, 0) is 0 Å². The van der Waals surface area contributed by atoms with Gasteiger partial charge in [-0.15, -0.1) is 13.2 Å². The molecule has 5 nitrogen and oxygen atoms in total. The molecule has 0 saturated heterocycles. The molecule has 1 rings (SSSR count). The van der Waals surface area contributed by atoms with E-state index in [2.05, 4.69) is 14.8 Å². The summed E-state index contributed by atoms with van der Waals surface area (Å²) in [7, 11) is 0. The van der Waals surface area contributed by atoms with Gasteiger partial charge in [0.1, 0.15) is 11.5 Å². The van der Waals surface area contributed by atoms with Gasteiger partial charge in [0.2, 0.25) is 0 Å². The molecule has 0 radical (unpaired) electrons. The Hall–Kier alpha value is -2.34. The number of ether oxygens (including phenoxy) is 1. The average molecular weight is 259 g/mol. The first-order chi connectivity index (χ1) is 8.42. The van der Waals surface area contributed by atoms with Crippen LogP contribution in [0, 0.1) is 0 Å². The number of hydrogen-bond donors (Lipinski definition) is 1. The lowest BCUT2D eigenvalue weighted by Gasteiger charge is -2.09. The molecule has 1 aromatic carbocycles. The molecule has 0 bridgehead atoms. The Balaban J connectivity index is 2.79. The second-order valence-corrected chi connectivity index (χ2v) is 3.08. The van der Waals surface area contributed by atoms with Crippen LogP contribution in [0.1, 0.15) is 5.56 Å². The minimum Gasteiger partial charge on any atom is -0.507 e. The van der Waals surface area contributed by atoms with Crippen LogP contribution >= 0.6 is 0 Å². The summed E-state index contributed by atoms with van der Waals surface area (Å²) in [5.74, 6) is -0.874. The van der Waals surface area contributed by atoms with Crippen LogP contribution < -0.4 is 4.74 Å². The quantitative estimate of drug-likeness (QED) is 0.509. The summed E-state index contributed by atoms with van der Waals surface area (Å²) in [5, 5.41) is 12.7. The summed E-state index contributed by atoms with van der Waals surface area (Å²) < 4.78 is 39.3. The molecule has 0 aliphatic heterocycles. The van der Waals surface area contributed by atoms with E-state index in [0.717, 1.165) is 12.1 Å². The Bertz CT molecular complexity index is 494. The first kappa shape index (κ1) is 13.7. The van der Waals surface area contributed by atoms with E-state index in [9.17, 15) is 18.3 Å². The van der Waals surface area contributed by atoms with Crippen molar-refractivity contribution in [1.29, 1.82) is 0 Å². The van der Waals surface area contributed by atoms with Gasteiger partial charge in [0, 0.05) is 23.1 Å². The van der Waals surface area contributed by atoms with E-state index in [1.807, 2.05) is 0 Å². The normalized spacial score (nSPS) is 11.3. The number of benzene rings is 1. The first-order valence-corrected chi connectivity index (χ1v) is 4.68. The third-order valence-corrected chi connectivity index (χ3v) is 1.78. The number of nitrogens with zero attached hydrogens (tertiary/aromatic N) is 3. The Morgan fingerprint density at radius 3 is 2.72 bits per heavy atom. The minimum absolute atomic E-state index is 0.0801. The number of azide groups is 1. The molecule has 0 amide bonds. The number of phenols is 1. The van der Waals surface area contributed by atoms with Gasteiger partial charge < -0.3 is 9.84 Å². The van der Waals surface area contributed by atoms with Crippen LogP contribution in [0.5, 0.6) is 11.5 Å². The van der Waals surface area contributed by atoms with Gasteiger partial charge in [-0.2, -0.15) is 0 Å². The van der Waals surface area contributed by atoms with E-state index in [0.29, 0.717) is 0 Å². The van der Waals surface area contributed by atoms with Gasteiger partial charge in [-0.05, 0) is 17.7 Å². The molecule has 0 atom stereocenters. The summed E-state index contributed by atoms with van der Waals surface area (Å²) in [6, 6.07) is 3.17. The SMILES string of the molecule is [N-]=[N+]=NCC=Cc1ccc(OC(F)(F)F)cc1O. The third kappa shape index (κ3) is 4.67. The number of alkyl halides is 3. The number of phenolic OH excluding ortho intramolecular Hbond substituents is 1. The lowest BCUT2D eigenvalue weighted by molar-refractivity contribution is -0.274. The second kappa shape index (κ2) is 5.83. The maximum absolute atomic E-state index is 11.9. The fourth-order valence-corrected chi connectivity index (χ4v) is 1.12. The highest BCUT2D eigenvalue weighted by atomic mass is 19.4. The third-order valence-electron chi connectivity index (χ3n) is 1.78. The highest BCUT2D eigenvalue weighted by molar-refractivity contribution is 5.58. The lowest BCUT2D eigenvalue weighted by atomic mass is 10.2. The molecular formula is C10H8F3N3O2. The topological polar surface area (TPSA) is 78.2 Å². The molecule has 0 aliphatic carbocycles. The number of hydrogen-bond acceptors (Lipinski definition) is 3. The smallest absolute Gasteiger partial charge is 0.507 e. The first-order valence-electron chi connectivity index (χ1n) is 4.68. The fraction of sp³-hybridized carbons (Fsp3) is 0.200. The van der Waals surface area contributed by atoms with Crippen molar-refractivity contribution in [1.82, 2.24) is 0 Å². The van der Waals surface area contributed by atoms with Gasteiger partial charge in [0.05, 0.1) is 0 Å². The molecular weight excluding hydrogens is 251 g/mol. The monoisotopic (exact) mass is 259 g/mol. The molecule has 0 heterocycles. The number of halogens is 3. The largest absolute Gasteiger partial charge is 0.573 e. The van der Waals surface area contributed by atoms with Crippen molar-refractivity contribution in [2.24, 2.45) is 5.11 Å². The van der Waals surface area contributed by atoms with Crippen LogP contribution in [0.25, 0.3) is 16.5 Å². The molecule has 0 aliphatic rings. The molecule has 96 valence electrons. The second-order valence-electron chi connectivity index (χ2n) is 3.08. The molecule has 0 aromatic heterocycles. The van der Waals surface area contributed by atoms with Crippen molar-refractivity contribution < 1.29 is 23.0 Å². The van der Waals surface area contributed by atoms with Gasteiger partial charge in [-0.25, -0.2) is 0 Å². The predicted octanol–water partition coefficient (Wildman–Crippen LogP) is 3.61. The molecule has 18 heavy (non-hydrogen) atoms.